The number of guanidine groups is 1. The number of benzene rings is 1. The molecular formula is C19H30F3IN4O2. The molecule has 0 aliphatic carbocycles. The first-order valence-corrected chi connectivity index (χ1v) is 9.61. The van der Waals surface area contributed by atoms with Gasteiger partial charge in [0.2, 0.25) is 0 Å². The number of nitrogens with one attached hydrogen (secondary N) is 2. The number of aliphatic imine (C=N–C) groups is 1. The lowest BCUT2D eigenvalue weighted by molar-refractivity contribution is -0.137. The van der Waals surface area contributed by atoms with Crippen molar-refractivity contribution >= 4 is 29.9 Å². The second kappa shape index (κ2) is 13.9. The molecule has 0 atom stereocenters. The lowest BCUT2D eigenvalue weighted by Gasteiger charge is -2.26. The number of morpholine rings is 1. The Labute approximate surface area is 187 Å². The Morgan fingerprint density at radius 1 is 1.17 bits per heavy atom. The standard InChI is InChI=1S/C19H29F3N4O2.HI/c1-2-23-18(24-8-3-10-26-11-14-27-15-12-26)25-9-13-28-17-6-4-16(5-7-17)19(20,21)22;/h4-7H,2-3,8-15H2,1H3,(H2,23,24,25);1H. The molecule has 1 aromatic carbocycles. The van der Waals surface area contributed by atoms with E-state index in [0.717, 1.165) is 57.9 Å². The number of ether oxygens (including phenoxy) is 2. The molecule has 10 heteroatoms. The highest BCUT2D eigenvalue weighted by molar-refractivity contribution is 14.0. The molecule has 1 aliphatic heterocycles. The van der Waals surface area contributed by atoms with Gasteiger partial charge in [0, 0.05) is 32.7 Å². The van der Waals surface area contributed by atoms with Gasteiger partial charge >= 0.3 is 6.18 Å². The molecule has 0 spiro atoms. The van der Waals surface area contributed by atoms with E-state index in [9.17, 15) is 13.2 Å². The van der Waals surface area contributed by atoms with Crippen molar-refractivity contribution in [3.8, 4) is 5.75 Å². The fourth-order valence-corrected chi connectivity index (χ4v) is 2.73. The van der Waals surface area contributed by atoms with Gasteiger partial charge in [0.25, 0.3) is 0 Å². The second-order valence-electron chi connectivity index (χ2n) is 6.37. The van der Waals surface area contributed by atoms with E-state index < -0.39 is 11.7 Å². The van der Waals surface area contributed by atoms with Crippen molar-refractivity contribution < 1.29 is 22.6 Å². The summed E-state index contributed by atoms with van der Waals surface area (Å²) in [5.41, 5.74) is -0.684. The first-order chi connectivity index (χ1) is 13.5. The number of nitrogens with zero attached hydrogens (tertiary/aromatic N) is 2. The summed E-state index contributed by atoms with van der Waals surface area (Å²) in [5.74, 6) is 1.11. The Morgan fingerprint density at radius 3 is 2.48 bits per heavy atom. The van der Waals surface area contributed by atoms with Crippen LogP contribution in [0.4, 0.5) is 13.2 Å². The zero-order valence-electron chi connectivity index (χ0n) is 16.6. The van der Waals surface area contributed by atoms with E-state index >= 15 is 0 Å². The van der Waals surface area contributed by atoms with Gasteiger partial charge in [-0.25, -0.2) is 0 Å². The van der Waals surface area contributed by atoms with Gasteiger partial charge in [0.1, 0.15) is 12.4 Å². The Bertz CT molecular complexity index is 594. The largest absolute Gasteiger partial charge is 0.492 e. The van der Waals surface area contributed by atoms with Gasteiger partial charge in [0.15, 0.2) is 5.96 Å². The van der Waals surface area contributed by atoms with Crippen molar-refractivity contribution in [2.24, 2.45) is 4.99 Å². The molecule has 1 aromatic rings. The van der Waals surface area contributed by atoms with Gasteiger partial charge in [-0.2, -0.15) is 13.2 Å². The summed E-state index contributed by atoms with van der Waals surface area (Å²) < 4.78 is 48.4. The fourth-order valence-electron chi connectivity index (χ4n) is 2.73. The third-order valence-corrected chi connectivity index (χ3v) is 4.20. The Balaban J connectivity index is 0.00000420. The van der Waals surface area contributed by atoms with Crippen molar-refractivity contribution in [2.45, 2.75) is 19.5 Å². The van der Waals surface area contributed by atoms with Gasteiger partial charge in [-0.1, -0.05) is 0 Å². The van der Waals surface area contributed by atoms with Crippen LogP contribution in [0, 0.1) is 0 Å². The van der Waals surface area contributed by atoms with Crippen LogP contribution in [0.5, 0.6) is 5.75 Å². The highest BCUT2D eigenvalue weighted by atomic mass is 127. The molecular weight excluding hydrogens is 500 g/mol. The van der Waals surface area contributed by atoms with Crippen molar-refractivity contribution in [1.29, 1.82) is 0 Å². The molecule has 0 amide bonds. The predicted octanol–water partition coefficient (Wildman–Crippen LogP) is 2.98. The van der Waals surface area contributed by atoms with Crippen molar-refractivity contribution in [2.75, 3.05) is 59.1 Å². The summed E-state index contributed by atoms with van der Waals surface area (Å²) in [5, 5.41) is 6.33. The molecule has 1 saturated heterocycles. The maximum Gasteiger partial charge on any atom is 0.416 e. The lowest BCUT2D eigenvalue weighted by atomic mass is 10.2. The molecule has 1 fully saturated rings. The van der Waals surface area contributed by atoms with E-state index in [-0.39, 0.29) is 24.0 Å². The summed E-state index contributed by atoms with van der Waals surface area (Å²) in [4.78, 5) is 6.91. The topological polar surface area (TPSA) is 58.1 Å². The molecule has 0 bridgehead atoms. The Kier molecular flexibility index (Phi) is 12.3. The predicted molar refractivity (Wildman–Crippen MR) is 118 cm³/mol. The van der Waals surface area contributed by atoms with Gasteiger partial charge < -0.3 is 20.1 Å². The molecule has 166 valence electrons. The Hall–Kier alpha value is -1.27. The smallest absolute Gasteiger partial charge is 0.416 e. The number of hydrogen-bond acceptors (Lipinski definition) is 4. The van der Waals surface area contributed by atoms with Crippen molar-refractivity contribution in [3.63, 3.8) is 0 Å². The van der Waals surface area contributed by atoms with Gasteiger partial charge in [-0.15, -0.1) is 24.0 Å². The van der Waals surface area contributed by atoms with Crippen LogP contribution in [-0.2, 0) is 10.9 Å². The maximum atomic E-state index is 12.5. The van der Waals surface area contributed by atoms with Gasteiger partial charge in [0.05, 0.1) is 25.3 Å². The van der Waals surface area contributed by atoms with Crippen molar-refractivity contribution in [3.05, 3.63) is 29.8 Å². The van der Waals surface area contributed by atoms with E-state index in [2.05, 4.69) is 20.5 Å². The lowest BCUT2D eigenvalue weighted by Crippen LogP contribution is -2.39. The summed E-state index contributed by atoms with van der Waals surface area (Å²) in [6.07, 6.45) is -3.36. The third-order valence-electron chi connectivity index (χ3n) is 4.20. The van der Waals surface area contributed by atoms with Crippen LogP contribution in [0.2, 0.25) is 0 Å². The zero-order valence-corrected chi connectivity index (χ0v) is 19.0. The van der Waals surface area contributed by atoms with Crippen LogP contribution < -0.4 is 15.4 Å². The summed E-state index contributed by atoms with van der Waals surface area (Å²) in [6.45, 7) is 8.82. The monoisotopic (exact) mass is 530 g/mol. The van der Waals surface area contributed by atoms with E-state index in [1.807, 2.05) is 6.92 Å². The van der Waals surface area contributed by atoms with Crippen LogP contribution in [-0.4, -0.2) is 69.9 Å². The summed E-state index contributed by atoms with van der Waals surface area (Å²) >= 11 is 0. The van der Waals surface area contributed by atoms with E-state index in [1.54, 1.807) is 0 Å². The van der Waals surface area contributed by atoms with Gasteiger partial charge in [-0.3, -0.25) is 9.89 Å². The number of hydrogen-bond donors (Lipinski definition) is 2. The minimum Gasteiger partial charge on any atom is -0.492 e. The van der Waals surface area contributed by atoms with Crippen LogP contribution >= 0.6 is 24.0 Å². The zero-order chi connectivity index (χ0) is 20.2. The van der Waals surface area contributed by atoms with Crippen LogP contribution in [0.1, 0.15) is 18.9 Å². The minimum absolute atomic E-state index is 0. The average Bonchev–Trinajstić information content (AvgIpc) is 2.69. The van der Waals surface area contributed by atoms with Crippen LogP contribution in [0.3, 0.4) is 0 Å². The number of halogens is 4. The number of rotatable bonds is 9. The molecule has 0 unspecified atom stereocenters. The number of alkyl halides is 3. The highest BCUT2D eigenvalue weighted by Crippen LogP contribution is 2.30. The highest BCUT2D eigenvalue weighted by Gasteiger charge is 2.29. The minimum atomic E-state index is -4.33. The summed E-state index contributed by atoms with van der Waals surface area (Å²) in [7, 11) is 0. The van der Waals surface area contributed by atoms with Gasteiger partial charge in [-0.05, 0) is 37.6 Å². The van der Waals surface area contributed by atoms with Crippen LogP contribution in [0.25, 0.3) is 0 Å². The van der Waals surface area contributed by atoms with Crippen LogP contribution in [0.15, 0.2) is 29.3 Å². The van der Waals surface area contributed by atoms with Crippen molar-refractivity contribution in [1.82, 2.24) is 15.5 Å². The van der Waals surface area contributed by atoms with E-state index in [1.165, 1.54) is 12.1 Å². The Morgan fingerprint density at radius 2 is 1.86 bits per heavy atom. The first kappa shape index (κ1) is 25.8. The SMILES string of the molecule is CCNC(=NCCCN1CCOCC1)NCCOc1ccc(C(F)(F)F)cc1.I. The molecule has 1 aliphatic rings. The molecule has 1 heterocycles. The summed E-state index contributed by atoms with van der Waals surface area (Å²) in [6, 6.07) is 4.69. The molecule has 2 rings (SSSR count). The van der Waals surface area contributed by atoms with E-state index in [4.69, 9.17) is 9.47 Å². The third kappa shape index (κ3) is 10.4. The molecule has 2 N–H and O–H groups in total. The quantitative estimate of drug-likeness (QED) is 0.223. The second-order valence-corrected chi connectivity index (χ2v) is 6.37. The maximum absolute atomic E-state index is 12.5. The molecule has 29 heavy (non-hydrogen) atoms. The fraction of sp³-hybridized carbons (Fsp3) is 0.632. The molecule has 0 aromatic heterocycles. The normalized spacial score (nSPS) is 15.5. The molecule has 0 radical (unpaired) electrons. The first-order valence-electron chi connectivity index (χ1n) is 9.61. The average molecular weight is 530 g/mol. The van der Waals surface area contributed by atoms with E-state index in [0.29, 0.717) is 31.4 Å². The molecule has 0 saturated carbocycles. The molecule has 6 nitrogen and oxygen atoms in total.